The molecule has 3 nitrogen and oxygen atoms in total. The normalized spacial score (nSPS) is 12.0. The fourth-order valence-electron chi connectivity index (χ4n) is 2.35. The smallest absolute Gasteiger partial charge is 0.168 e. The van der Waals surface area contributed by atoms with Crippen molar-refractivity contribution in [3.63, 3.8) is 0 Å². The summed E-state index contributed by atoms with van der Waals surface area (Å²) in [6.07, 6.45) is 0. The van der Waals surface area contributed by atoms with Crippen molar-refractivity contribution in [2.45, 2.75) is 19.9 Å². The number of nitrogens with one attached hydrogen (secondary N) is 1. The van der Waals surface area contributed by atoms with Gasteiger partial charge in [-0.3, -0.25) is 0 Å². The number of hydrogen-bond acceptors (Lipinski definition) is 3. The molecule has 0 saturated heterocycles. The second-order valence-corrected chi connectivity index (χ2v) is 5.18. The van der Waals surface area contributed by atoms with E-state index in [-0.39, 0.29) is 6.04 Å². The van der Waals surface area contributed by atoms with Gasteiger partial charge in [-0.15, -0.1) is 0 Å². The lowest BCUT2D eigenvalue weighted by atomic mass is 9.97. The Balaban J connectivity index is 2.63. The second-order valence-electron chi connectivity index (χ2n) is 5.18. The van der Waals surface area contributed by atoms with E-state index in [2.05, 4.69) is 49.5 Å². The minimum atomic E-state index is 0.244. The summed E-state index contributed by atoms with van der Waals surface area (Å²) >= 11 is 0. The summed E-state index contributed by atoms with van der Waals surface area (Å²) < 4.78 is 11.1. The van der Waals surface area contributed by atoms with Gasteiger partial charge in [0.15, 0.2) is 11.5 Å². The summed E-state index contributed by atoms with van der Waals surface area (Å²) in [5, 5.41) is 3.26. The Labute approximate surface area is 126 Å². The molecule has 0 aliphatic rings. The Kier molecular flexibility index (Phi) is 4.86. The molecule has 0 amide bonds. The van der Waals surface area contributed by atoms with Crippen LogP contribution < -0.4 is 14.8 Å². The summed E-state index contributed by atoms with van der Waals surface area (Å²) in [4.78, 5) is 0. The molecule has 0 aliphatic heterocycles. The molecule has 0 saturated carbocycles. The largest absolute Gasteiger partial charge is 0.493 e. The van der Waals surface area contributed by atoms with E-state index in [1.165, 1.54) is 11.1 Å². The van der Waals surface area contributed by atoms with Crippen molar-refractivity contribution >= 4 is 0 Å². The van der Waals surface area contributed by atoms with Gasteiger partial charge in [0, 0.05) is 11.6 Å². The molecule has 1 unspecified atom stereocenters. The van der Waals surface area contributed by atoms with E-state index in [1.807, 2.05) is 13.1 Å². The molecule has 0 spiro atoms. The highest BCUT2D eigenvalue weighted by molar-refractivity contribution is 5.75. The van der Waals surface area contributed by atoms with Gasteiger partial charge in [0.25, 0.3) is 0 Å². The molecule has 2 aromatic rings. The number of ether oxygens (including phenoxy) is 2. The highest BCUT2D eigenvalue weighted by Gasteiger charge is 2.16. The summed E-state index contributed by atoms with van der Waals surface area (Å²) in [5.41, 5.74) is 4.59. The first-order valence-corrected chi connectivity index (χ1v) is 7.11. The maximum atomic E-state index is 5.57. The highest BCUT2D eigenvalue weighted by atomic mass is 16.5. The molecular weight excluding hydrogens is 262 g/mol. The highest BCUT2D eigenvalue weighted by Crippen LogP contribution is 2.40. The number of benzene rings is 2. The third-order valence-corrected chi connectivity index (χ3v) is 3.80. The molecule has 0 fully saturated rings. The van der Waals surface area contributed by atoms with Gasteiger partial charge in [-0.2, -0.15) is 0 Å². The van der Waals surface area contributed by atoms with Crippen LogP contribution in [0.1, 0.15) is 24.1 Å². The van der Waals surface area contributed by atoms with Gasteiger partial charge >= 0.3 is 0 Å². The van der Waals surface area contributed by atoms with Crippen LogP contribution in [0.5, 0.6) is 11.5 Å². The van der Waals surface area contributed by atoms with Crippen LogP contribution in [0.2, 0.25) is 0 Å². The SMILES string of the molecule is CNC(C)c1cc(OC)c(OC)c(-c2ccc(C)cc2)c1. The van der Waals surface area contributed by atoms with Gasteiger partial charge in [0.2, 0.25) is 0 Å². The van der Waals surface area contributed by atoms with Crippen LogP contribution in [0.25, 0.3) is 11.1 Å². The monoisotopic (exact) mass is 285 g/mol. The van der Waals surface area contributed by atoms with Crippen LogP contribution in [-0.2, 0) is 0 Å². The molecule has 112 valence electrons. The Morgan fingerprint density at radius 3 is 2.19 bits per heavy atom. The minimum Gasteiger partial charge on any atom is -0.493 e. The number of hydrogen-bond donors (Lipinski definition) is 1. The second kappa shape index (κ2) is 6.64. The average Bonchev–Trinajstić information content (AvgIpc) is 2.53. The van der Waals surface area contributed by atoms with Crippen molar-refractivity contribution in [1.82, 2.24) is 5.32 Å². The van der Waals surface area contributed by atoms with Gasteiger partial charge in [0.1, 0.15) is 0 Å². The third kappa shape index (κ3) is 3.19. The summed E-state index contributed by atoms with van der Waals surface area (Å²) in [7, 11) is 5.30. The number of rotatable bonds is 5. The lowest BCUT2D eigenvalue weighted by Crippen LogP contribution is -2.12. The maximum Gasteiger partial charge on any atom is 0.168 e. The Hall–Kier alpha value is -2.00. The maximum absolute atomic E-state index is 5.57. The molecule has 21 heavy (non-hydrogen) atoms. The van der Waals surface area contributed by atoms with E-state index in [0.717, 1.165) is 22.6 Å². The van der Waals surface area contributed by atoms with Crippen LogP contribution in [0, 0.1) is 6.92 Å². The van der Waals surface area contributed by atoms with E-state index in [4.69, 9.17) is 9.47 Å². The molecule has 3 heteroatoms. The van der Waals surface area contributed by atoms with Crippen molar-refractivity contribution in [1.29, 1.82) is 0 Å². The van der Waals surface area contributed by atoms with E-state index in [0.29, 0.717) is 0 Å². The molecule has 1 N–H and O–H groups in total. The molecule has 2 rings (SSSR count). The van der Waals surface area contributed by atoms with Crippen LogP contribution in [-0.4, -0.2) is 21.3 Å². The van der Waals surface area contributed by atoms with Gasteiger partial charge in [-0.05, 0) is 44.2 Å². The van der Waals surface area contributed by atoms with Gasteiger partial charge < -0.3 is 14.8 Å². The van der Waals surface area contributed by atoms with Crippen LogP contribution in [0.4, 0.5) is 0 Å². The molecule has 2 aromatic carbocycles. The molecule has 0 heterocycles. The summed E-state index contributed by atoms with van der Waals surface area (Å²) in [6, 6.07) is 12.9. The van der Waals surface area contributed by atoms with Crippen LogP contribution in [0.3, 0.4) is 0 Å². The Morgan fingerprint density at radius 1 is 1.00 bits per heavy atom. The fraction of sp³-hybridized carbons (Fsp3) is 0.333. The first-order chi connectivity index (χ1) is 10.1. The quantitative estimate of drug-likeness (QED) is 0.902. The standard InChI is InChI=1S/C18H23NO2/c1-12-6-8-14(9-7-12)16-10-15(13(2)19-3)11-17(20-4)18(16)21-5/h6-11,13,19H,1-5H3. The zero-order valence-corrected chi connectivity index (χ0v) is 13.4. The topological polar surface area (TPSA) is 30.5 Å². The van der Waals surface area contributed by atoms with Gasteiger partial charge in [-0.25, -0.2) is 0 Å². The first-order valence-electron chi connectivity index (χ1n) is 7.11. The summed E-state index contributed by atoms with van der Waals surface area (Å²) in [5.74, 6) is 1.53. The van der Waals surface area contributed by atoms with E-state index in [9.17, 15) is 0 Å². The Bertz CT molecular complexity index is 605. The van der Waals surface area contributed by atoms with Crippen LogP contribution in [0.15, 0.2) is 36.4 Å². The van der Waals surface area contributed by atoms with Crippen molar-refractivity contribution in [3.05, 3.63) is 47.5 Å². The van der Waals surface area contributed by atoms with E-state index < -0.39 is 0 Å². The first kappa shape index (κ1) is 15.4. The summed E-state index contributed by atoms with van der Waals surface area (Å²) in [6.45, 7) is 4.21. The zero-order chi connectivity index (χ0) is 15.4. The Morgan fingerprint density at radius 2 is 1.67 bits per heavy atom. The average molecular weight is 285 g/mol. The van der Waals surface area contributed by atoms with E-state index >= 15 is 0 Å². The van der Waals surface area contributed by atoms with Crippen molar-refractivity contribution in [2.24, 2.45) is 0 Å². The van der Waals surface area contributed by atoms with Crippen molar-refractivity contribution in [3.8, 4) is 22.6 Å². The van der Waals surface area contributed by atoms with Crippen molar-refractivity contribution < 1.29 is 9.47 Å². The fourth-order valence-corrected chi connectivity index (χ4v) is 2.35. The lowest BCUT2D eigenvalue weighted by molar-refractivity contribution is 0.355. The molecule has 0 aliphatic carbocycles. The van der Waals surface area contributed by atoms with Crippen molar-refractivity contribution in [2.75, 3.05) is 21.3 Å². The molecular formula is C18H23NO2. The molecule has 0 radical (unpaired) electrons. The van der Waals surface area contributed by atoms with Crippen LogP contribution >= 0.6 is 0 Å². The molecule has 0 aromatic heterocycles. The predicted molar refractivity (Wildman–Crippen MR) is 87.2 cm³/mol. The van der Waals surface area contributed by atoms with Gasteiger partial charge in [-0.1, -0.05) is 29.8 Å². The lowest BCUT2D eigenvalue weighted by Gasteiger charge is -2.18. The van der Waals surface area contributed by atoms with Gasteiger partial charge in [0.05, 0.1) is 14.2 Å². The minimum absolute atomic E-state index is 0.244. The number of aryl methyl sites for hydroxylation is 1. The molecule has 0 bridgehead atoms. The third-order valence-electron chi connectivity index (χ3n) is 3.80. The number of methoxy groups -OCH3 is 2. The molecule has 1 atom stereocenters. The predicted octanol–water partition coefficient (Wildman–Crippen LogP) is 3.96. The zero-order valence-electron chi connectivity index (χ0n) is 13.4. The van der Waals surface area contributed by atoms with E-state index in [1.54, 1.807) is 14.2 Å².